The number of aryl methyl sites for hydroxylation is 1. The molecule has 0 atom stereocenters. The van der Waals surface area contributed by atoms with Crippen LogP contribution in [0.4, 0.5) is 17.1 Å². The first-order valence-electron chi connectivity index (χ1n) is 6.00. The molecule has 6 nitrogen and oxygen atoms in total. The highest BCUT2D eigenvalue weighted by molar-refractivity contribution is 14.1. The molecule has 0 bridgehead atoms. The second kappa shape index (κ2) is 6.08. The van der Waals surface area contributed by atoms with Crippen LogP contribution in [0, 0.1) is 20.6 Å². The summed E-state index contributed by atoms with van der Waals surface area (Å²) in [6.45, 7) is 1.97. The SMILES string of the molecule is Cc1ccc(NC(=O)c2ccc(N)c([N+](=O)[O-])c2)cc1I. The second-order valence-corrected chi connectivity index (χ2v) is 5.61. The Bertz CT molecular complexity index is 731. The molecule has 0 unspecified atom stereocenters. The Morgan fingerprint density at radius 3 is 2.62 bits per heavy atom. The van der Waals surface area contributed by atoms with Gasteiger partial charge in [0, 0.05) is 20.9 Å². The zero-order valence-electron chi connectivity index (χ0n) is 11.1. The number of carbonyl (C=O) groups excluding carboxylic acids is 1. The Balaban J connectivity index is 2.26. The van der Waals surface area contributed by atoms with Gasteiger partial charge >= 0.3 is 0 Å². The molecule has 2 aromatic carbocycles. The molecule has 7 heteroatoms. The lowest BCUT2D eigenvalue weighted by molar-refractivity contribution is -0.383. The zero-order chi connectivity index (χ0) is 15.6. The van der Waals surface area contributed by atoms with Crippen molar-refractivity contribution >= 4 is 45.6 Å². The van der Waals surface area contributed by atoms with Crippen molar-refractivity contribution in [2.75, 3.05) is 11.1 Å². The molecule has 0 aliphatic carbocycles. The molecule has 0 radical (unpaired) electrons. The standard InChI is InChI=1S/C14H12IN3O3/c1-8-2-4-10(7-11(8)15)17-14(19)9-3-5-12(16)13(6-9)18(20)21/h2-7H,16H2,1H3,(H,17,19). The first kappa shape index (κ1) is 15.2. The molecular formula is C14H12IN3O3. The van der Waals surface area contributed by atoms with Crippen molar-refractivity contribution in [1.82, 2.24) is 0 Å². The van der Waals surface area contributed by atoms with Gasteiger partial charge in [0.2, 0.25) is 0 Å². The number of benzene rings is 2. The van der Waals surface area contributed by atoms with Crippen molar-refractivity contribution in [3.05, 3.63) is 61.2 Å². The lowest BCUT2D eigenvalue weighted by Crippen LogP contribution is -2.12. The van der Waals surface area contributed by atoms with E-state index in [0.29, 0.717) is 5.69 Å². The fraction of sp³-hybridized carbons (Fsp3) is 0.0714. The summed E-state index contributed by atoms with van der Waals surface area (Å²) < 4.78 is 1.02. The smallest absolute Gasteiger partial charge is 0.292 e. The number of nitrogen functional groups attached to an aromatic ring is 1. The van der Waals surface area contributed by atoms with E-state index >= 15 is 0 Å². The van der Waals surface area contributed by atoms with Crippen LogP contribution in [0.1, 0.15) is 15.9 Å². The summed E-state index contributed by atoms with van der Waals surface area (Å²) in [5, 5.41) is 13.5. The minimum absolute atomic E-state index is 0.0291. The Morgan fingerprint density at radius 2 is 2.00 bits per heavy atom. The van der Waals surface area contributed by atoms with E-state index in [9.17, 15) is 14.9 Å². The quantitative estimate of drug-likeness (QED) is 0.359. The average Bonchev–Trinajstić information content (AvgIpc) is 2.43. The lowest BCUT2D eigenvalue weighted by atomic mass is 10.1. The third-order valence-electron chi connectivity index (χ3n) is 2.92. The molecule has 2 rings (SSSR count). The second-order valence-electron chi connectivity index (χ2n) is 4.45. The average molecular weight is 397 g/mol. The van der Waals surface area contributed by atoms with Gasteiger partial charge in [0.15, 0.2) is 0 Å². The molecular weight excluding hydrogens is 385 g/mol. The topological polar surface area (TPSA) is 98.3 Å². The Labute approximate surface area is 134 Å². The van der Waals surface area contributed by atoms with Gasteiger partial charge in [-0.05, 0) is 59.3 Å². The van der Waals surface area contributed by atoms with Crippen molar-refractivity contribution in [3.8, 4) is 0 Å². The van der Waals surface area contributed by atoms with Crippen molar-refractivity contribution in [2.45, 2.75) is 6.92 Å². The predicted octanol–water partition coefficient (Wildman–Crippen LogP) is 3.34. The number of hydrogen-bond acceptors (Lipinski definition) is 4. The summed E-state index contributed by atoms with van der Waals surface area (Å²) in [5.74, 6) is -0.419. The highest BCUT2D eigenvalue weighted by Gasteiger charge is 2.15. The summed E-state index contributed by atoms with van der Waals surface area (Å²) in [4.78, 5) is 22.3. The van der Waals surface area contributed by atoms with E-state index in [1.807, 2.05) is 19.1 Å². The molecule has 0 saturated heterocycles. The molecule has 2 aromatic rings. The molecule has 0 aliphatic heterocycles. The molecule has 0 spiro atoms. The summed E-state index contributed by atoms with van der Waals surface area (Å²) in [5.41, 5.74) is 7.19. The predicted molar refractivity (Wildman–Crippen MR) is 89.4 cm³/mol. The fourth-order valence-electron chi connectivity index (χ4n) is 1.72. The van der Waals surface area contributed by atoms with Crippen LogP contribution in [0.5, 0.6) is 0 Å². The summed E-state index contributed by atoms with van der Waals surface area (Å²) in [6, 6.07) is 9.48. The van der Waals surface area contributed by atoms with Gasteiger partial charge in [-0.2, -0.15) is 0 Å². The molecule has 0 aliphatic rings. The molecule has 21 heavy (non-hydrogen) atoms. The number of nitrogens with one attached hydrogen (secondary N) is 1. The highest BCUT2D eigenvalue weighted by atomic mass is 127. The minimum atomic E-state index is -0.610. The number of halogens is 1. The van der Waals surface area contributed by atoms with Crippen LogP contribution in [0.25, 0.3) is 0 Å². The van der Waals surface area contributed by atoms with Crippen molar-refractivity contribution in [1.29, 1.82) is 0 Å². The van der Waals surface area contributed by atoms with Gasteiger partial charge in [-0.1, -0.05) is 6.07 Å². The number of rotatable bonds is 3. The minimum Gasteiger partial charge on any atom is -0.393 e. The number of nitrogens with two attached hydrogens (primary N) is 1. The number of hydrogen-bond donors (Lipinski definition) is 2. The van der Waals surface area contributed by atoms with Gasteiger partial charge in [-0.3, -0.25) is 14.9 Å². The lowest BCUT2D eigenvalue weighted by Gasteiger charge is -2.07. The highest BCUT2D eigenvalue weighted by Crippen LogP contribution is 2.23. The molecule has 0 heterocycles. The van der Waals surface area contributed by atoms with E-state index in [-0.39, 0.29) is 16.9 Å². The van der Waals surface area contributed by atoms with Gasteiger partial charge in [0.25, 0.3) is 11.6 Å². The number of amides is 1. The molecule has 0 aromatic heterocycles. The molecule has 0 saturated carbocycles. The maximum Gasteiger partial charge on any atom is 0.292 e. The zero-order valence-corrected chi connectivity index (χ0v) is 13.2. The maximum absolute atomic E-state index is 12.1. The van der Waals surface area contributed by atoms with Gasteiger partial charge in [-0.25, -0.2) is 0 Å². The molecule has 108 valence electrons. The van der Waals surface area contributed by atoms with Crippen LogP contribution >= 0.6 is 22.6 Å². The summed E-state index contributed by atoms with van der Waals surface area (Å²) in [6.07, 6.45) is 0. The van der Waals surface area contributed by atoms with Crippen LogP contribution < -0.4 is 11.1 Å². The number of nitro groups is 1. The Hall–Kier alpha value is -2.16. The van der Waals surface area contributed by atoms with Gasteiger partial charge in [0.05, 0.1) is 4.92 Å². The normalized spacial score (nSPS) is 10.2. The summed E-state index contributed by atoms with van der Waals surface area (Å²) >= 11 is 2.17. The van der Waals surface area contributed by atoms with Gasteiger partial charge < -0.3 is 11.1 Å². The monoisotopic (exact) mass is 397 g/mol. The van der Waals surface area contributed by atoms with Crippen LogP contribution in [-0.2, 0) is 0 Å². The van der Waals surface area contributed by atoms with Crippen molar-refractivity contribution < 1.29 is 9.72 Å². The number of carbonyl (C=O) groups is 1. The third-order valence-corrected chi connectivity index (χ3v) is 4.08. The number of anilines is 2. The van der Waals surface area contributed by atoms with E-state index in [0.717, 1.165) is 9.13 Å². The van der Waals surface area contributed by atoms with Gasteiger partial charge in [-0.15, -0.1) is 0 Å². The van der Waals surface area contributed by atoms with Crippen LogP contribution in [0.2, 0.25) is 0 Å². The van der Waals surface area contributed by atoms with E-state index in [1.54, 1.807) is 6.07 Å². The van der Waals surface area contributed by atoms with Crippen molar-refractivity contribution in [3.63, 3.8) is 0 Å². The Morgan fingerprint density at radius 1 is 1.29 bits per heavy atom. The first-order chi connectivity index (χ1) is 9.88. The third kappa shape index (κ3) is 3.48. The van der Waals surface area contributed by atoms with Crippen LogP contribution in [-0.4, -0.2) is 10.8 Å². The molecule has 0 fully saturated rings. The summed E-state index contributed by atoms with van der Waals surface area (Å²) in [7, 11) is 0. The molecule has 3 N–H and O–H groups in total. The number of nitrogens with zero attached hydrogens (tertiary/aromatic N) is 1. The molecule has 1 amide bonds. The van der Waals surface area contributed by atoms with E-state index in [4.69, 9.17) is 5.73 Å². The largest absolute Gasteiger partial charge is 0.393 e. The van der Waals surface area contributed by atoms with E-state index in [2.05, 4.69) is 27.9 Å². The first-order valence-corrected chi connectivity index (χ1v) is 7.08. The number of nitro benzene ring substituents is 1. The van der Waals surface area contributed by atoms with Crippen LogP contribution in [0.3, 0.4) is 0 Å². The van der Waals surface area contributed by atoms with E-state index < -0.39 is 10.8 Å². The Kier molecular flexibility index (Phi) is 4.41. The maximum atomic E-state index is 12.1. The fourth-order valence-corrected chi connectivity index (χ4v) is 2.23. The van der Waals surface area contributed by atoms with Crippen LogP contribution in [0.15, 0.2) is 36.4 Å². The van der Waals surface area contributed by atoms with Gasteiger partial charge in [0.1, 0.15) is 5.69 Å². The van der Waals surface area contributed by atoms with E-state index in [1.165, 1.54) is 18.2 Å². The van der Waals surface area contributed by atoms with Crippen molar-refractivity contribution in [2.24, 2.45) is 0 Å².